The standard InChI is InChI=1S/C11H13BrO2S/c1-8(6-11(13)14)15-7-9-4-2-3-5-10(9)12/h2-5,8H,6-7H2,1H3,(H,13,14). The minimum Gasteiger partial charge on any atom is -0.481 e. The summed E-state index contributed by atoms with van der Waals surface area (Å²) in [4.78, 5) is 10.5. The van der Waals surface area contributed by atoms with Crippen molar-refractivity contribution < 1.29 is 9.90 Å². The molecule has 2 nitrogen and oxygen atoms in total. The minimum absolute atomic E-state index is 0.148. The predicted molar refractivity (Wildman–Crippen MR) is 67.2 cm³/mol. The maximum Gasteiger partial charge on any atom is 0.304 e. The zero-order chi connectivity index (χ0) is 11.3. The number of rotatable bonds is 5. The molecule has 1 aromatic rings. The molecule has 1 unspecified atom stereocenters. The number of hydrogen-bond donors (Lipinski definition) is 1. The van der Waals surface area contributed by atoms with Crippen LogP contribution in [0.4, 0.5) is 0 Å². The summed E-state index contributed by atoms with van der Waals surface area (Å²) in [6.07, 6.45) is 0.217. The third kappa shape index (κ3) is 4.71. The molecule has 0 fully saturated rings. The summed E-state index contributed by atoms with van der Waals surface area (Å²) in [5.74, 6) is 0.109. The van der Waals surface area contributed by atoms with Crippen molar-refractivity contribution in [3.05, 3.63) is 34.3 Å². The van der Waals surface area contributed by atoms with Gasteiger partial charge in [-0.2, -0.15) is 11.8 Å². The Labute approximate surface area is 102 Å². The fourth-order valence-corrected chi connectivity index (χ4v) is 2.74. The number of carboxylic acid groups (broad SMARTS) is 1. The summed E-state index contributed by atoms with van der Waals surface area (Å²) in [5, 5.41) is 8.76. The molecule has 15 heavy (non-hydrogen) atoms. The maximum absolute atomic E-state index is 10.5. The quantitative estimate of drug-likeness (QED) is 0.900. The van der Waals surface area contributed by atoms with Crippen LogP contribution in [0, 0.1) is 0 Å². The number of aliphatic carboxylic acids is 1. The first-order valence-corrected chi connectivity index (χ1v) is 6.50. The number of halogens is 1. The molecule has 0 saturated carbocycles. The van der Waals surface area contributed by atoms with E-state index in [1.807, 2.05) is 31.2 Å². The van der Waals surface area contributed by atoms with Gasteiger partial charge in [0.15, 0.2) is 0 Å². The van der Waals surface area contributed by atoms with Gasteiger partial charge in [0.1, 0.15) is 0 Å². The Bertz CT molecular complexity index is 341. The number of carbonyl (C=O) groups is 1. The van der Waals surface area contributed by atoms with E-state index in [2.05, 4.69) is 15.9 Å². The molecule has 0 heterocycles. The summed E-state index contributed by atoms with van der Waals surface area (Å²) < 4.78 is 1.08. The van der Waals surface area contributed by atoms with E-state index >= 15 is 0 Å². The molecular weight excluding hydrogens is 276 g/mol. The van der Waals surface area contributed by atoms with Gasteiger partial charge in [0.05, 0.1) is 6.42 Å². The van der Waals surface area contributed by atoms with Crippen LogP contribution in [0.1, 0.15) is 18.9 Å². The first-order chi connectivity index (χ1) is 7.09. The summed E-state index contributed by atoms with van der Waals surface area (Å²) in [6, 6.07) is 8.00. The molecule has 1 rings (SSSR count). The molecule has 0 amide bonds. The zero-order valence-electron chi connectivity index (χ0n) is 8.44. The number of thioether (sulfide) groups is 1. The Morgan fingerprint density at radius 2 is 2.20 bits per heavy atom. The fourth-order valence-electron chi connectivity index (χ4n) is 1.15. The number of carboxylic acids is 1. The second kappa shape index (κ2) is 6.18. The topological polar surface area (TPSA) is 37.3 Å². The Kier molecular flexibility index (Phi) is 5.19. The van der Waals surface area contributed by atoms with Crippen LogP contribution in [0.3, 0.4) is 0 Å². The fraction of sp³-hybridized carbons (Fsp3) is 0.364. The van der Waals surface area contributed by atoms with Gasteiger partial charge in [0, 0.05) is 15.5 Å². The third-order valence-corrected chi connectivity index (χ3v) is 3.93. The van der Waals surface area contributed by atoms with Crippen molar-refractivity contribution in [2.45, 2.75) is 24.3 Å². The lowest BCUT2D eigenvalue weighted by Crippen LogP contribution is -2.05. The summed E-state index contributed by atoms with van der Waals surface area (Å²) in [5.41, 5.74) is 1.21. The molecule has 0 aromatic heterocycles. The van der Waals surface area contributed by atoms with Gasteiger partial charge in [-0.25, -0.2) is 0 Å². The molecule has 1 N–H and O–H groups in total. The Morgan fingerprint density at radius 1 is 1.53 bits per heavy atom. The van der Waals surface area contributed by atoms with Crippen molar-refractivity contribution >= 4 is 33.7 Å². The van der Waals surface area contributed by atoms with Gasteiger partial charge in [-0.15, -0.1) is 0 Å². The first kappa shape index (κ1) is 12.6. The van der Waals surface area contributed by atoms with Gasteiger partial charge in [-0.1, -0.05) is 41.1 Å². The van der Waals surface area contributed by atoms with Crippen molar-refractivity contribution in [2.75, 3.05) is 0 Å². The highest BCUT2D eigenvalue weighted by Crippen LogP contribution is 2.24. The van der Waals surface area contributed by atoms with Crippen LogP contribution in [0.5, 0.6) is 0 Å². The average Bonchev–Trinajstić information content (AvgIpc) is 2.15. The molecule has 0 spiro atoms. The normalized spacial score (nSPS) is 12.4. The highest BCUT2D eigenvalue weighted by atomic mass is 79.9. The smallest absolute Gasteiger partial charge is 0.304 e. The number of benzene rings is 1. The van der Waals surface area contributed by atoms with Gasteiger partial charge in [0.2, 0.25) is 0 Å². The van der Waals surface area contributed by atoms with E-state index in [1.165, 1.54) is 5.56 Å². The SMILES string of the molecule is CC(CC(=O)O)SCc1ccccc1Br. The highest BCUT2D eigenvalue weighted by molar-refractivity contribution is 9.10. The van der Waals surface area contributed by atoms with Crippen LogP contribution < -0.4 is 0 Å². The van der Waals surface area contributed by atoms with Crippen molar-refractivity contribution in [3.63, 3.8) is 0 Å². The van der Waals surface area contributed by atoms with Crippen molar-refractivity contribution in [1.29, 1.82) is 0 Å². The Morgan fingerprint density at radius 3 is 2.80 bits per heavy atom. The number of hydrogen-bond acceptors (Lipinski definition) is 2. The van der Waals surface area contributed by atoms with E-state index < -0.39 is 5.97 Å². The lowest BCUT2D eigenvalue weighted by atomic mass is 10.2. The van der Waals surface area contributed by atoms with Gasteiger partial charge in [-0.05, 0) is 11.6 Å². The summed E-state index contributed by atoms with van der Waals surface area (Å²) in [6.45, 7) is 1.94. The minimum atomic E-state index is -0.734. The largest absolute Gasteiger partial charge is 0.481 e. The van der Waals surface area contributed by atoms with E-state index in [1.54, 1.807) is 11.8 Å². The molecule has 0 aliphatic carbocycles. The lowest BCUT2D eigenvalue weighted by Gasteiger charge is -2.09. The summed E-state index contributed by atoms with van der Waals surface area (Å²) in [7, 11) is 0. The predicted octanol–water partition coefficient (Wildman–Crippen LogP) is 3.55. The molecule has 4 heteroatoms. The van der Waals surface area contributed by atoms with Crippen LogP contribution in [-0.4, -0.2) is 16.3 Å². The molecule has 1 aromatic carbocycles. The Hall–Kier alpha value is -0.480. The maximum atomic E-state index is 10.5. The van der Waals surface area contributed by atoms with Crippen LogP contribution in [0.2, 0.25) is 0 Å². The van der Waals surface area contributed by atoms with E-state index in [-0.39, 0.29) is 11.7 Å². The van der Waals surface area contributed by atoms with Crippen molar-refractivity contribution in [1.82, 2.24) is 0 Å². The molecule has 0 aliphatic heterocycles. The second-order valence-corrected chi connectivity index (χ2v) is 5.59. The highest BCUT2D eigenvalue weighted by Gasteiger charge is 2.08. The van der Waals surface area contributed by atoms with E-state index in [4.69, 9.17) is 5.11 Å². The second-order valence-electron chi connectivity index (χ2n) is 3.31. The zero-order valence-corrected chi connectivity index (χ0v) is 10.8. The van der Waals surface area contributed by atoms with E-state index in [9.17, 15) is 4.79 Å². The van der Waals surface area contributed by atoms with Crippen molar-refractivity contribution in [2.24, 2.45) is 0 Å². The molecular formula is C11H13BrO2S. The van der Waals surface area contributed by atoms with Gasteiger partial charge in [0.25, 0.3) is 0 Å². The van der Waals surface area contributed by atoms with Crippen LogP contribution >= 0.6 is 27.7 Å². The molecule has 0 aliphatic rings. The van der Waals surface area contributed by atoms with Crippen LogP contribution in [0.25, 0.3) is 0 Å². The van der Waals surface area contributed by atoms with Gasteiger partial charge < -0.3 is 5.11 Å². The van der Waals surface area contributed by atoms with Gasteiger partial charge in [-0.3, -0.25) is 4.79 Å². The third-order valence-electron chi connectivity index (χ3n) is 1.94. The summed E-state index contributed by atoms with van der Waals surface area (Å²) >= 11 is 5.13. The van der Waals surface area contributed by atoms with Crippen LogP contribution in [0.15, 0.2) is 28.7 Å². The molecule has 82 valence electrons. The molecule has 0 saturated heterocycles. The van der Waals surface area contributed by atoms with E-state index in [0.717, 1.165) is 10.2 Å². The molecule has 0 bridgehead atoms. The lowest BCUT2D eigenvalue weighted by molar-refractivity contribution is -0.136. The molecule has 1 atom stereocenters. The van der Waals surface area contributed by atoms with Crippen LogP contribution in [-0.2, 0) is 10.5 Å². The Balaban J connectivity index is 2.43. The average molecular weight is 289 g/mol. The monoisotopic (exact) mass is 288 g/mol. The van der Waals surface area contributed by atoms with E-state index in [0.29, 0.717) is 0 Å². The van der Waals surface area contributed by atoms with Crippen molar-refractivity contribution in [3.8, 4) is 0 Å². The van der Waals surface area contributed by atoms with Gasteiger partial charge >= 0.3 is 5.97 Å². The molecule has 0 radical (unpaired) electrons. The first-order valence-electron chi connectivity index (χ1n) is 4.66.